The molecule has 21 heavy (non-hydrogen) atoms. The Balaban J connectivity index is 1.79. The van der Waals surface area contributed by atoms with Crippen LogP contribution in [0.4, 0.5) is 5.82 Å². The highest BCUT2D eigenvalue weighted by molar-refractivity contribution is 5.77. The largest absolute Gasteiger partial charge is 0.479 e. The van der Waals surface area contributed by atoms with Gasteiger partial charge >= 0.3 is 5.97 Å². The van der Waals surface area contributed by atoms with E-state index in [1.807, 2.05) is 19.1 Å². The van der Waals surface area contributed by atoms with Crippen molar-refractivity contribution in [1.29, 1.82) is 0 Å². The molecule has 0 radical (unpaired) electrons. The van der Waals surface area contributed by atoms with Crippen LogP contribution in [-0.2, 0) is 10.3 Å². The molecule has 3 rings (SSSR count). The van der Waals surface area contributed by atoms with Gasteiger partial charge in [0.05, 0.1) is 5.69 Å². The number of rotatable bonds is 3. The number of nitrogens with zero attached hydrogens (tertiary/aromatic N) is 5. The Morgan fingerprint density at radius 3 is 2.57 bits per heavy atom. The van der Waals surface area contributed by atoms with E-state index in [9.17, 15) is 9.90 Å². The van der Waals surface area contributed by atoms with Gasteiger partial charge in [-0.25, -0.2) is 4.79 Å². The minimum absolute atomic E-state index is 0.486. The fraction of sp³-hybridized carbons (Fsp3) is 0.429. The van der Waals surface area contributed by atoms with Crippen LogP contribution >= 0.6 is 0 Å². The van der Waals surface area contributed by atoms with Gasteiger partial charge in [0.25, 0.3) is 0 Å². The maximum atomic E-state index is 11.8. The smallest absolute Gasteiger partial charge is 0.331 e. The summed E-state index contributed by atoms with van der Waals surface area (Å²) < 4.78 is 1.56. The molecule has 0 unspecified atom stereocenters. The molecular weight excluding hydrogens is 270 g/mol. The zero-order valence-corrected chi connectivity index (χ0v) is 11.8. The van der Waals surface area contributed by atoms with Gasteiger partial charge in [-0.2, -0.15) is 10.2 Å². The lowest BCUT2D eigenvalue weighted by atomic mass is 9.87. The SMILES string of the molecule is Cc1ccc(N2CCC(C(=O)O)(n3cccn3)CC2)nn1. The summed E-state index contributed by atoms with van der Waals surface area (Å²) in [7, 11) is 0. The van der Waals surface area contributed by atoms with Crippen molar-refractivity contribution >= 4 is 11.8 Å². The summed E-state index contributed by atoms with van der Waals surface area (Å²) in [6.07, 6.45) is 4.30. The van der Waals surface area contributed by atoms with E-state index >= 15 is 0 Å². The second-order valence-electron chi connectivity index (χ2n) is 5.31. The van der Waals surface area contributed by atoms with Crippen LogP contribution in [0.15, 0.2) is 30.6 Å². The van der Waals surface area contributed by atoms with Gasteiger partial charge in [0.15, 0.2) is 11.4 Å². The molecule has 0 aliphatic carbocycles. The number of anilines is 1. The number of aliphatic carboxylic acids is 1. The second-order valence-corrected chi connectivity index (χ2v) is 5.31. The fourth-order valence-corrected chi connectivity index (χ4v) is 2.73. The molecule has 3 heterocycles. The van der Waals surface area contributed by atoms with Crippen molar-refractivity contribution in [2.75, 3.05) is 18.0 Å². The molecule has 1 aliphatic heterocycles. The second kappa shape index (κ2) is 5.16. The highest BCUT2D eigenvalue weighted by atomic mass is 16.4. The lowest BCUT2D eigenvalue weighted by molar-refractivity contribution is -0.149. The van der Waals surface area contributed by atoms with Gasteiger partial charge in [0.1, 0.15) is 0 Å². The van der Waals surface area contributed by atoms with E-state index in [0.717, 1.165) is 11.5 Å². The van der Waals surface area contributed by atoms with Crippen molar-refractivity contribution in [3.63, 3.8) is 0 Å². The van der Waals surface area contributed by atoms with E-state index in [1.165, 1.54) is 0 Å². The molecule has 0 saturated carbocycles. The van der Waals surface area contributed by atoms with Crippen LogP contribution in [0.5, 0.6) is 0 Å². The van der Waals surface area contributed by atoms with Crippen LogP contribution in [0.25, 0.3) is 0 Å². The quantitative estimate of drug-likeness (QED) is 0.908. The molecular formula is C14H17N5O2. The summed E-state index contributed by atoms with van der Waals surface area (Å²) in [6.45, 7) is 3.12. The Kier molecular flexibility index (Phi) is 3.32. The van der Waals surface area contributed by atoms with Crippen molar-refractivity contribution in [1.82, 2.24) is 20.0 Å². The molecule has 0 spiro atoms. The molecule has 1 aliphatic rings. The molecule has 0 bridgehead atoms. The molecule has 2 aromatic rings. The number of piperidine rings is 1. The van der Waals surface area contributed by atoms with Gasteiger partial charge < -0.3 is 10.0 Å². The molecule has 1 N–H and O–H groups in total. The van der Waals surface area contributed by atoms with Crippen LogP contribution in [-0.4, -0.2) is 44.1 Å². The lowest BCUT2D eigenvalue weighted by Crippen LogP contribution is -2.51. The first-order valence-corrected chi connectivity index (χ1v) is 6.91. The molecule has 7 heteroatoms. The third-order valence-electron chi connectivity index (χ3n) is 4.04. The maximum Gasteiger partial charge on any atom is 0.331 e. The summed E-state index contributed by atoms with van der Waals surface area (Å²) in [4.78, 5) is 13.8. The molecule has 110 valence electrons. The van der Waals surface area contributed by atoms with Crippen molar-refractivity contribution in [3.05, 3.63) is 36.3 Å². The number of aromatic nitrogens is 4. The molecule has 1 saturated heterocycles. The zero-order valence-electron chi connectivity index (χ0n) is 11.8. The van der Waals surface area contributed by atoms with Crippen molar-refractivity contribution < 1.29 is 9.90 Å². The van der Waals surface area contributed by atoms with E-state index in [4.69, 9.17) is 0 Å². The molecule has 7 nitrogen and oxygen atoms in total. The first kappa shape index (κ1) is 13.5. The fourth-order valence-electron chi connectivity index (χ4n) is 2.73. The Labute approximate surface area is 122 Å². The third-order valence-corrected chi connectivity index (χ3v) is 4.04. The summed E-state index contributed by atoms with van der Waals surface area (Å²) in [6, 6.07) is 5.58. The maximum absolute atomic E-state index is 11.8. The number of hydrogen-bond donors (Lipinski definition) is 1. The first-order chi connectivity index (χ1) is 10.1. The normalized spacial score (nSPS) is 17.7. The van der Waals surface area contributed by atoms with Gasteiger partial charge in [0, 0.05) is 38.3 Å². The predicted molar refractivity (Wildman–Crippen MR) is 76.1 cm³/mol. The Bertz CT molecular complexity index is 615. The Hall–Kier alpha value is -2.44. The number of carbonyl (C=O) groups is 1. The number of aryl methyl sites for hydroxylation is 1. The molecule has 0 amide bonds. The van der Waals surface area contributed by atoms with Gasteiger partial charge in [-0.1, -0.05) is 0 Å². The van der Waals surface area contributed by atoms with Crippen molar-refractivity contribution in [2.45, 2.75) is 25.3 Å². The molecule has 0 atom stereocenters. The van der Waals surface area contributed by atoms with E-state index in [-0.39, 0.29) is 0 Å². The highest BCUT2D eigenvalue weighted by Crippen LogP contribution is 2.31. The monoisotopic (exact) mass is 287 g/mol. The third kappa shape index (κ3) is 2.35. The first-order valence-electron chi connectivity index (χ1n) is 6.91. The van der Waals surface area contributed by atoms with E-state index in [1.54, 1.807) is 23.1 Å². The highest BCUT2D eigenvalue weighted by Gasteiger charge is 2.44. The molecule has 2 aromatic heterocycles. The average molecular weight is 287 g/mol. The summed E-state index contributed by atoms with van der Waals surface area (Å²) >= 11 is 0. The molecule has 1 fully saturated rings. The summed E-state index contributed by atoms with van der Waals surface area (Å²) in [5.74, 6) is -0.0408. The zero-order chi connectivity index (χ0) is 14.9. The van der Waals surface area contributed by atoms with E-state index in [0.29, 0.717) is 25.9 Å². The summed E-state index contributed by atoms with van der Waals surface area (Å²) in [5.41, 5.74) is -0.0924. The number of hydrogen-bond acceptors (Lipinski definition) is 5. The minimum Gasteiger partial charge on any atom is -0.479 e. The Morgan fingerprint density at radius 1 is 1.29 bits per heavy atom. The van der Waals surface area contributed by atoms with Crippen molar-refractivity contribution in [2.24, 2.45) is 0 Å². The number of carboxylic acid groups (broad SMARTS) is 1. The predicted octanol–water partition coefficient (Wildman–Crippen LogP) is 1.06. The Morgan fingerprint density at radius 2 is 2.05 bits per heavy atom. The summed E-state index contributed by atoms with van der Waals surface area (Å²) in [5, 5.41) is 22.0. The van der Waals surface area contributed by atoms with Gasteiger partial charge in [-0.05, 0) is 25.1 Å². The van der Waals surface area contributed by atoms with Crippen LogP contribution in [0, 0.1) is 6.92 Å². The van der Waals surface area contributed by atoms with E-state index < -0.39 is 11.5 Å². The standard InChI is InChI=1S/C14H17N5O2/c1-11-3-4-12(17-16-11)18-9-5-14(6-10-18,13(20)21)19-8-2-7-15-19/h2-4,7-8H,5-6,9-10H2,1H3,(H,20,21). The van der Waals surface area contributed by atoms with Gasteiger partial charge in [-0.3, -0.25) is 4.68 Å². The van der Waals surface area contributed by atoms with Crippen molar-refractivity contribution in [3.8, 4) is 0 Å². The molecule has 0 aromatic carbocycles. The van der Waals surface area contributed by atoms with Gasteiger partial charge in [0.2, 0.25) is 0 Å². The van der Waals surface area contributed by atoms with Gasteiger partial charge in [-0.15, -0.1) is 5.10 Å². The number of carboxylic acids is 1. The lowest BCUT2D eigenvalue weighted by Gasteiger charge is -2.39. The minimum atomic E-state index is -0.960. The van der Waals surface area contributed by atoms with Crippen LogP contribution in [0.2, 0.25) is 0 Å². The van der Waals surface area contributed by atoms with Crippen LogP contribution in [0.1, 0.15) is 18.5 Å². The average Bonchev–Trinajstić information content (AvgIpc) is 3.03. The van der Waals surface area contributed by atoms with Crippen LogP contribution in [0.3, 0.4) is 0 Å². The van der Waals surface area contributed by atoms with E-state index in [2.05, 4.69) is 20.2 Å². The van der Waals surface area contributed by atoms with Crippen LogP contribution < -0.4 is 4.90 Å². The topological polar surface area (TPSA) is 84.1 Å².